The molecule has 1 atom stereocenters. The highest BCUT2D eigenvalue weighted by atomic mass is 16.5. The summed E-state index contributed by atoms with van der Waals surface area (Å²) in [6.45, 7) is 6.57. The SMILES string of the molecule is COc1cccc(N2CCN(CCCCC3CNc4ccccc43)CC2)c1OC. The zero-order valence-electron chi connectivity index (χ0n) is 17.7. The summed E-state index contributed by atoms with van der Waals surface area (Å²) in [4.78, 5) is 5.02. The second kappa shape index (κ2) is 9.40. The van der Waals surface area contributed by atoms with Crippen LogP contribution in [0.1, 0.15) is 30.7 Å². The second-order valence-corrected chi connectivity index (χ2v) is 8.00. The third kappa shape index (κ3) is 4.45. The lowest BCUT2D eigenvalue weighted by Crippen LogP contribution is -2.46. The van der Waals surface area contributed by atoms with Gasteiger partial charge in [0.05, 0.1) is 19.9 Å². The van der Waals surface area contributed by atoms with Gasteiger partial charge in [-0.05, 0) is 43.1 Å². The molecule has 2 aromatic rings. The average molecular weight is 396 g/mol. The third-order valence-electron chi connectivity index (χ3n) is 6.31. The van der Waals surface area contributed by atoms with Crippen molar-refractivity contribution in [3.63, 3.8) is 0 Å². The fraction of sp³-hybridized carbons (Fsp3) is 0.500. The van der Waals surface area contributed by atoms with Crippen LogP contribution in [0.4, 0.5) is 11.4 Å². The van der Waals surface area contributed by atoms with E-state index < -0.39 is 0 Å². The Hall–Kier alpha value is -2.40. The van der Waals surface area contributed by atoms with Crippen LogP contribution in [0.25, 0.3) is 0 Å². The molecule has 2 aliphatic heterocycles. The predicted molar refractivity (Wildman–Crippen MR) is 120 cm³/mol. The van der Waals surface area contributed by atoms with Gasteiger partial charge in [0.15, 0.2) is 11.5 Å². The van der Waals surface area contributed by atoms with Crippen molar-refractivity contribution in [3.8, 4) is 11.5 Å². The molecule has 0 radical (unpaired) electrons. The largest absolute Gasteiger partial charge is 0.493 e. The van der Waals surface area contributed by atoms with Crippen molar-refractivity contribution in [2.75, 3.05) is 63.7 Å². The molecule has 2 aliphatic rings. The van der Waals surface area contributed by atoms with E-state index in [4.69, 9.17) is 9.47 Å². The van der Waals surface area contributed by atoms with Gasteiger partial charge in [-0.3, -0.25) is 4.90 Å². The summed E-state index contributed by atoms with van der Waals surface area (Å²) >= 11 is 0. The van der Waals surface area contributed by atoms with E-state index in [2.05, 4.69) is 45.4 Å². The fourth-order valence-electron chi connectivity index (χ4n) is 4.67. The number of benzene rings is 2. The van der Waals surface area contributed by atoms with Gasteiger partial charge in [0.25, 0.3) is 0 Å². The highest BCUT2D eigenvalue weighted by Crippen LogP contribution is 2.38. The first-order valence-corrected chi connectivity index (χ1v) is 10.8. The van der Waals surface area contributed by atoms with Crippen LogP contribution in [-0.2, 0) is 0 Å². The van der Waals surface area contributed by atoms with E-state index in [1.165, 1.54) is 37.1 Å². The maximum atomic E-state index is 5.62. The molecule has 1 N–H and O–H groups in total. The first kappa shape index (κ1) is 19.9. The van der Waals surface area contributed by atoms with Crippen LogP contribution in [0, 0.1) is 0 Å². The highest BCUT2D eigenvalue weighted by molar-refractivity contribution is 5.65. The van der Waals surface area contributed by atoms with Gasteiger partial charge < -0.3 is 19.7 Å². The molecule has 156 valence electrons. The molecule has 5 nitrogen and oxygen atoms in total. The average Bonchev–Trinajstić information content (AvgIpc) is 3.19. The van der Waals surface area contributed by atoms with Crippen LogP contribution >= 0.6 is 0 Å². The standard InChI is InChI=1S/C24H33N3O2/c1-28-23-12-7-11-22(24(23)29-2)27-16-14-26(15-17-27)13-6-5-8-19-18-25-21-10-4-3-9-20(19)21/h3-4,7,9-12,19,25H,5-6,8,13-18H2,1-2H3. The smallest absolute Gasteiger partial charge is 0.184 e. The Labute approximate surface area is 174 Å². The number of rotatable bonds is 8. The first-order chi connectivity index (χ1) is 14.3. The van der Waals surface area contributed by atoms with Crippen LogP contribution in [0.3, 0.4) is 0 Å². The van der Waals surface area contributed by atoms with Gasteiger partial charge in [0.1, 0.15) is 0 Å². The molecule has 0 bridgehead atoms. The lowest BCUT2D eigenvalue weighted by molar-refractivity contribution is 0.250. The Morgan fingerprint density at radius 1 is 0.931 bits per heavy atom. The van der Waals surface area contributed by atoms with E-state index >= 15 is 0 Å². The third-order valence-corrected chi connectivity index (χ3v) is 6.31. The van der Waals surface area contributed by atoms with E-state index in [0.29, 0.717) is 5.92 Å². The summed E-state index contributed by atoms with van der Waals surface area (Å²) in [7, 11) is 3.41. The Morgan fingerprint density at radius 2 is 1.76 bits per heavy atom. The second-order valence-electron chi connectivity index (χ2n) is 8.00. The van der Waals surface area contributed by atoms with Crippen LogP contribution in [0.15, 0.2) is 42.5 Å². The quantitative estimate of drug-likeness (QED) is 0.678. The van der Waals surface area contributed by atoms with Crippen molar-refractivity contribution in [3.05, 3.63) is 48.0 Å². The zero-order valence-corrected chi connectivity index (χ0v) is 17.7. The molecule has 0 amide bonds. The minimum absolute atomic E-state index is 0.684. The van der Waals surface area contributed by atoms with E-state index in [1.807, 2.05) is 12.1 Å². The van der Waals surface area contributed by atoms with Crippen molar-refractivity contribution < 1.29 is 9.47 Å². The molecule has 0 saturated carbocycles. The Balaban J connectivity index is 1.21. The minimum atomic E-state index is 0.684. The van der Waals surface area contributed by atoms with Gasteiger partial charge in [-0.2, -0.15) is 0 Å². The van der Waals surface area contributed by atoms with Gasteiger partial charge in [-0.1, -0.05) is 30.7 Å². The minimum Gasteiger partial charge on any atom is -0.493 e. The predicted octanol–water partition coefficient (Wildman–Crippen LogP) is 4.21. The van der Waals surface area contributed by atoms with Gasteiger partial charge in [0.2, 0.25) is 0 Å². The Morgan fingerprint density at radius 3 is 2.55 bits per heavy atom. The maximum Gasteiger partial charge on any atom is 0.184 e. The maximum absolute atomic E-state index is 5.62. The zero-order chi connectivity index (χ0) is 20.1. The number of hydrogen-bond donors (Lipinski definition) is 1. The van der Waals surface area contributed by atoms with Crippen LogP contribution in [0.2, 0.25) is 0 Å². The molecule has 1 unspecified atom stereocenters. The molecule has 0 spiro atoms. The summed E-state index contributed by atoms with van der Waals surface area (Å²) in [5, 5.41) is 3.54. The molecular formula is C24H33N3O2. The molecule has 2 heterocycles. The van der Waals surface area contributed by atoms with E-state index in [9.17, 15) is 0 Å². The molecule has 5 heteroatoms. The number of piperazine rings is 1. The lowest BCUT2D eigenvalue weighted by atomic mass is 9.95. The first-order valence-electron chi connectivity index (χ1n) is 10.8. The highest BCUT2D eigenvalue weighted by Gasteiger charge is 2.23. The summed E-state index contributed by atoms with van der Waals surface area (Å²) in [6, 6.07) is 14.9. The molecular weight excluding hydrogens is 362 g/mol. The molecule has 0 aliphatic carbocycles. The van der Waals surface area contributed by atoms with Crippen molar-refractivity contribution in [1.29, 1.82) is 0 Å². The molecule has 29 heavy (non-hydrogen) atoms. The van der Waals surface area contributed by atoms with Gasteiger partial charge in [-0.15, -0.1) is 0 Å². The summed E-state index contributed by atoms with van der Waals surface area (Å²) < 4.78 is 11.1. The number of ether oxygens (including phenoxy) is 2. The van der Waals surface area contributed by atoms with Crippen molar-refractivity contribution in [2.24, 2.45) is 0 Å². The number of fused-ring (bicyclic) bond motifs is 1. The molecule has 1 saturated heterocycles. The fourth-order valence-corrected chi connectivity index (χ4v) is 4.67. The Bertz CT molecular complexity index is 802. The summed E-state index contributed by atoms with van der Waals surface area (Å²) in [5.74, 6) is 2.33. The summed E-state index contributed by atoms with van der Waals surface area (Å²) in [6.07, 6.45) is 3.86. The monoisotopic (exact) mass is 395 g/mol. The van der Waals surface area contributed by atoms with Crippen molar-refractivity contribution >= 4 is 11.4 Å². The van der Waals surface area contributed by atoms with Crippen LogP contribution in [-0.4, -0.2) is 58.4 Å². The summed E-state index contributed by atoms with van der Waals surface area (Å²) in [5.41, 5.74) is 3.98. The molecule has 0 aromatic heterocycles. The van der Waals surface area contributed by atoms with Crippen LogP contribution < -0.4 is 19.7 Å². The molecule has 4 rings (SSSR count). The van der Waals surface area contributed by atoms with Crippen molar-refractivity contribution in [2.45, 2.75) is 25.2 Å². The molecule has 1 fully saturated rings. The number of nitrogens with one attached hydrogen (secondary N) is 1. The number of anilines is 2. The van der Waals surface area contributed by atoms with E-state index in [1.54, 1.807) is 14.2 Å². The van der Waals surface area contributed by atoms with E-state index in [-0.39, 0.29) is 0 Å². The normalized spacial score (nSPS) is 19.0. The van der Waals surface area contributed by atoms with Gasteiger partial charge in [-0.25, -0.2) is 0 Å². The number of unbranched alkanes of at least 4 members (excludes halogenated alkanes) is 1. The number of nitrogens with zero attached hydrogens (tertiary/aromatic N) is 2. The Kier molecular flexibility index (Phi) is 6.45. The van der Waals surface area contributed by atoms with Gasteiger partial charge in [0, 0.05) is 44.3 Å². The van der Waals surface area contributed by atoms with Crippen molar-refractivity contribution in [1.82, 2.24) is 4.90 Å². The molecule has 2 aromatic carbocycles. The number of methoxy groups -OCH3 is 2. The van der Waals surface area contributed by atoms with Crippen LogP contribution in [0.5, 0.6) is 11.5 Å². The lowest BCUT2D eigenvalue weighted by Gasteiger charge is -2.36. The topological polar surface area (TPSA) is 37.0 Å². The number of para-hydroxylation sites is 2. The van der Waals surface area contributed by atoms with Gasteiger partial charge >= 0.3 is 0 Å². The van der Waals surface area contributed by atoms with E-state index in [0.717, 1.165) is 49.9 Å². The number of hydrogen-bond acceptors (Lipinski definition) is 5.